The Labute approximate surface area is 109 Å². The molecule has 0 spiro atoms. The summed E-state index contributed by atoms with van der Waals surface area (Å²) in [7, 11) is 1.81. The Morgan fingerprint density at radius 2 is 2.33 bits per heavy atom. The van der Waals surface area contributed by atoms with Crippen molar-refractivity contribution in [3.05, 3.63) is 40.9 Å². The number of carbonyl (C=O) groups excluding carboxylic acids is 1. The summed E-state index contributed by atoms with van der Waals surface area (Å²) in [5.41, 5.74) is 7.12. The van der Waals surface area contributed by atoms with Crippen LogP contribution in [0.15, 0.2) is 24.7 Å². The van der Waals surface area contributed by atoms with E-state index in [1.165, 1.54) is 12.3 Å². The van der Waals surface area contributed by atoms with Gasteiger partial charge in [-0.2, -0.15) is 5.10 Å². The lowest BCUT2D eigenvalue weighted by Gasteiger charge is -2.05. The van der Waals surface area contributed by atoms with E-state index in [0.29, 0.717) is 12.2 Å². The molecule has 94 valence electrons. The molecule has 0 fully saturated rings. The molecule has 0 saturated heterocycles. The summed E-state index contributed by atoms with van der Waals surface area (Å²) in [6.07, 6.45) is 4.90. The van der Waals surface area contributed by atoms with E-state index < -0.39 is 0 Å². The van der Waals surface area contributed by atoms with Crippen LogP contribution >= 0.6 is 11.6 Å². The molecule has 0 aliphatic carbocycles. The van der Waals surface area contributed by atoms with Gasteiger partial charge >= 0.3 is 0 Å². The van der Waals surface area contributed by atoms with Gasteiger partial charge in [0.05, 0.1) is 23.6 Å². The minimum Gasteiger partial charge on any atom is -0.397 e. The van der Waals surface area contributed by atoms with Crippen molar-refractivity contribution in [1.82, 2.24) is 20.1 Å². The normalized spacial score (nSPS) is 10.3. The molecule has 3 N–H and O–H groups in total. The molecule has 0 aliphatic rings. The average molecular weight is 266 g/mol. The summed E-state index contributed by atoms with van der Waals surface area (Å²) in [4.78, 5) is 15.7. The van der Waals surface area contributed by atoms with E-state index in [4.69, 9.17) is 17.3 Å². The van der Waals surface area contributed by atoms with Gasteiger partial charge in [0.15, 0.2) is 0 Å². The molecule has 0 unspecified atom stereocenters. The van der Waals surface area contributed by atoms with Gasteiger partial charge in [-0.3, -0.25) is 9.48 Å². The van der Waals surface area contributed by atoms with Crippen molar-refractivity contribution in [2.75, 3.05) is 5.73 Å². The fourth-order valence-electron chi connectivity index (χ4n) is 1.46. The minimum absolute atomic E-state index is 0.132. The van der Waals surface area contributed by atoms with Crippen molar-refractivity contribution in [2.24, 2.45) is 7.05 Å². The Bertz CT molecular complexity index is 581. The Morgan fingerprint density at radius 3 is 3.00 bits per heavy atom. The number of amides is 1. The van der Waals surface area contributed by atoms with Gasteiger partial charge in [0.1, 0.15) is 5.15 Å². The lowest BCUT2D eigenvalue weighted by Crippen LogP contribution is -2.23. The predicted octanol–water partition coefficient (Wildman–Crippen LogP) is 0.981. The van der Waals surface area contributed by atoms with Gasteiger partial charge in [-0.15, -0.1) is 0 Å². The van der Waals surface area contributed by atoms with Crippen molar-refractivity contribution < 1.29 is 4.79 Å². The second-order valence-corrected chi connectivity index (χ2v) is 4.17. The molecule has 2 rings (SSSR count). The van der Waals surface area contributed by atoms with E-state index in [-0.39, 0.29) is 16.6 Å². The molecule has 18 heavy (non-hydrogen) atoms. The third kappa shape index (κ3) is 2.78. The number of aromatic nitrogens is 3. The third-order valence-corrected chi connectivity index (χ3v) is 2.62. The van der Waals surface area contributed by atoms with Crippen LogP contribution in [0.5, 0.6) is 0 Å². The van der Waals surface area contributed by atoms with Crippen LogP contribution in [0, 0.1) is 0 Å². The Balaban J connectivity index is 2.05. The van der Waals surface area contributed by atoms with Gasteiger partial charge < -0.3 is 11.1 Å². The van der Waals surface area contributed by atoms with Crippen molar-refractivity contribution >= 4 is 23.2 Å². The first-order valence-corrected chi connectivity index (χ1v) is 5.61. The molecule has 0 atom stereocenters. The first kappa shape index (κ1) is 12.4. The van der Waals surface area contributed by atoms with Crippen molar-refractivity contribution in [2.45, 2.75) is 6.54 Å². The number of anilines is 1. The third-order valence-electron chi connectivity index (χ3n) is 2.32. The number of nitrogens with two attached hydrogens (primary N) is 1. The summed E-state index contributed by atoms with van der Waals surface area (Å²) in [6.45, 7) is 0.373. The van der Waals surface area contributed by atoms with Gasteiger partial charge in [-0.05, 0) is 6.07 Å². The number of carbonyl (C=O) groups is 1. The molecule has 0 saturated carbocycles. The SMILES string of the molecule is Cn1cc(CNC(=O)c2cc(N)cnc2Cl)cn1. The topological polar surface area (TPSA) is 85.8 Å². The van der Waals surface area contributed by atoms with Crippen LogP contribution in [-0.4, -0.2) is 20.7 Å². The van der Waals surface area contributed by atoms with E-state index in [9.17, 15) is 4.79 Å². The lowest BCUT2D eigenvalue weighted by molar-refractivity contribution is 0.0950. The molecule has 2 aromatic heterocycles. The van der Waals surface area contributed by atoms with Crippen LogP contribution in [0.1, 0.15) is 15.9 Å². The quantitative estimate of drug-likeness (QED) is 0.810. The minimum atomic E-state index is -0.316. The maximum Gasteiger partial charge on any atom is 0.254 e. The molecule has 0 aromatic carbocycles. The highest BCUT2D eigenvalue weighted by molar-refractivity contribution is 6.32. The van der Waals surface area contributed by atoms with E-state index >= 15 is 0 Å². The van der Waals surface area contributed by atoms with E-state index in [2.05, 4.69) is 15.4 Å². The Kier molecular flexibility index (Phi) is 3.47. The van der Waals surface area contributed by atoms with Crippen LogP contribution in [0.2, 0.25) is 5.15 Å². The van der Waals surface area contributed by atoms with Crippen LogP contribution in [-0.2, 0) is 13.6 Å². The number of nitrogens with one attached hydrogen (secondary N) is 1. The number of rotatable bonds is 3. The summed E-state index contributed by atoms with van der Waals surface area (Å²) in [5.74, 6) is -0.316. The largest absolute Gasteiger partial charge is 0.397 e. The molecule has 0 bridgehead atoms. The van der Waals surface area contributed by atoms with Gasteiger partial charge in [-0.25, -0.2) is 4.98 Å². The van der Waals surface area contributed by atoms with Crippen molar-refractivity contribution in [3.8, 4) is 0 Å². The van der Waals surface area contributed by atoms with Crippen LogP contribution in [0.4, 0.5) is 5.69 Å². The summed E-state index contributed by atoms with van der Waals surface area (Å²) >= 11 is 5.83. The van der Waals surface area contributed by atoms with E-state index in [0.717, 1.165) is 5.56 Å². The maximum absolute atomic E-state index is 11.9. The van der Waals surface area contributed by atoms with E-state index in [1.807, 2.05) is 13.2 Å². The van der Waals surface area contributed by atoms with Crippen LogP contribution in [0.25, 0.3) is 0 Å². The standard InChI is InChI=1S/C11H12ClN5O/c1-17-6-7(4-16-17)3-15-11(18)9-2-8(13)5-14-10(9)12/h2,4-6H,3,13H2,1H3,(H,15,18). The zero-order valence-electron chi connectivity index (χ0n) is 9.72. The van der Waals surface area contributed by atoms with Crippen LogP contribution in [0.3, 0.4) is 0 Å². The molecule has 0 aliphatic heterocycles. The predicted molar refractivity (Wildman–Crippen MR) is 68.0 cm³/mol. The monoisotopic (exact) mass is 265 g/mol. The summed E-state index contributed by atoms with van der Waals surface area (Å²) in [5, 5.41) is 6.86. The average Bonchev–Trinajstić information content (AvgIpc) is 2.75. The number of nitrogen functional groups attached to an aromatic ring is 1. The molecule has 1 amide bonds. The second kappa shape index (κ2) is 5.05. The fraction of sp³-hybridized carbons (Fsp3) is 0.182. The highest BCUT2D eigenvalue weighted by Gasteiger charge is 2.11. The Morgan fingerprint density at radius 1 is 1.56 bits per heavy atom. The van der Waals surface area contributed by atoms with Gasteiger partial charge in [0, 0.05) is 25.4 Å². The summed E-state index contributed by atoms with van der Waals surface area (Å²) < 4.78 is 1.66. The number of aryl methyl sites for hydroxylation is 1. The molecule has 2 aromatic rings. The number of pyridine rings is 1. The molecular formula is C11H12ClN5O. The number of hydrogen-bond donors (Lipinski definition) is 2. The highest BCUT2D eigenvalue weighted by atomic mass is 35.5. The molecule has 7 heteroatoms. The lowest BCUT2D eigenvalue weighted by atomic mass is 10.2. The zero-order chi connectivity index (χ0) is 13.1. The van der Waals surface area contributed by atoms with Gasteiger partial charge in [-0.1, -0.05) is 11.6 Å². The smallest absolute Gasteiger partial charge is 0.254 e. The maximum atomic E-state index is 11.9. The van der Waals surface area contributed by atoms with Crippen molar-refractivity contribution in [3.63, 3.8) is 0 Å². The molecular weight excluding hydrogens is 254 g/mol. The zero-order valence-corrected chi connectivity index (χ0v) is 10.5. The van der Waals surface area contributed by atoms with Gasteiger partial charge in [0.2, 0.25) is 0 Å². The Hall–Kier alpha value is -2.08. The van der Waals surface area contributed by atoms with Gasteiger partial charge in [0.25, 0.3) is 5.91 Å². The van der Waals surface area contributed by atoms with Crippen LogP contribution < -0.4 is 11.1 Å². The number of halogens is 1. The first-order valence-electron chi connectivity index (χ1n) is 5.23. The number of nitrogens with zero attached hydrogens (tertiary/aromatic N) is 3. The highest BCUT2D eigenvalue weighted by Crippen LogP contribution is 2.15. The molecule has 0 radical (unpaired) electrons. The van der Waals surface area contributed by atoms with Crippen molar-refractivity contribution in [1.29, 1.82) is 0 Å². The fourth-order valence-corrected chi connectivity index (χ4v) is 1.65. The van der Waals surface area contributed by atoms with E-state index in [1.54, 1.807) is 10.9 Å². The summed E-state index contributed by atoms with van der Waals surface area (Å²) in [6, 6.07) is 1.49. The second-order valence-electron chi connectivity index (χ2n) is 3.81. The first-order chi connectivity index (χ1) is 8.56. The molecule has 2 heterocycles. The number of hydrogen-bond acceptors (Lipinski definition) is 4. The molecule has 6 nitrogen and oxygen atoms in total.